The Hall–Kier alpha value is -3.95. The zero-order chi connectivity index (χ0) is 24.6. The maximum Gasteiger partial charge on any atom is 0.274 e. The predicted molar refractivity (Wildman–Crippen MR) is 127 cm³/mol. The van der Waals surface area contributed by atoms with Gasteiger partial charge < -0.3 is 20.1 Å². The first-order valence-corrected chi connectivity index (χ1v) is 11.8. The number of carbonyl (C=O) groups excluding carboxylic acids is 3. The van der Waals surface area contributed by atoms with Crippen LogP contribution in [0.2, 0.25) is 0 Å². The van der Waals surface area contributed by atoms with E-state index in [4.69, 9.17) is 4.52 Å². The Kier molecular flexibility index (Phi) is 7.92. The number of aryl methyl sites for hydroxylation is 1. The first kappa shape index (κ1) is 24.2. The summed E-state index contributed by atoms with van der Waals surface area (Å²) in [5, 5.41) is 13.7. The largest absolute Gasteiger partial charge is 0.361 e. The summed E-state index contributed by atoms with van der Waals surface area (Å²) < 4.78 is 6.91. The average Bonchev–Trinajstić information content (AvgIpc) is 3.52. The summed E-state index contributed by atoms with van der Waals surface area (Å²) in [5.41, 5.74) is 1.62. The molecule has 1 aliphatic heterocycles. The van der Waals surface area contributed by atoms with Gasteiger partial charge in [-0.2, -0.15) is 5.10 Å². The molecule has 0 spiro atoms. The van der Waals surface area contributed by atoms with Gasteiger partial charge in [-0.1, -0.05) is 35.5 Å². The van der Waals surface area contributed by atoms with E-state index in [0.717, 1.165) is 24.8 Å². The van der Waals surface area contributed by atoms with Gasteiger partial charge >= 0.3 is 0 Å². The summed E-state index contributed by atoms with van der Waals surface area (Å²) >= 11 is 0. The second-order valence-electron chi connectivity index (χ2n) is 8.58. The number of rotatable bonds is 6. The number of nitrogens with one attached hydrogen (secondary N) is 2. The summed E-state index contributed by atoms with van der Waals surface area (Å²) in [6.45, 7) is 3.00. The van der Waals surface area contributed by atoms with Crippen molar-refractivity contribution < 1.29 is 18.9 Å². The van der Waals surface area contributed by atoms with Crippen molar-refractivity contribution in [1.82, 2.24) is 30.5 Å². The quantitative estimate of drug-likeness (QED) is 0.560. The van der Waals surface area contributed by atoms with Gasteiger partial charge in [0.25, 0.3) is 5.91 Å². The zero-order valence-electron chi connectivity index (χ0n) is 19.8. The van der Waals surface area contributed by atoms with E-state index in [-0.39, 0.29) is 30.5 Å². The van der Waals surface area contributed by atoms with Crippen molar-refractivity contribution in [1.29, 1.82) is 0 Å². The van der Waals surface area contributed by atoms with Crippen molar-refractivity contribution >= 4 is 17.7 Å². The molecule has 35 heavy (non-hydrogen) atoms. The van der Waals surface area contributed by atoms with Crippen molar-refractivity contribution in [3.05, 3.63) is 71.4 Å². The topological polar surface area (TPSA) is 122 Å². The average molecular weight is 479 g/mol. The standard InChI is InChI=1S/C25H30N6O4/c1-18-20(17-30-13-8-12-28-30)24(29-35-18)25(34)27-16-23(33)31-14-7-3-6-11-26-22(32)15-21(31)19-9-4-2-5-10-19/h2,4-5,8-10,12-13,21H,3,6-7,11,14-17H2,1H3,(H,26,32)(H,27,34). The van der Waals surface area contributed by atoms with Crippen LogP contribution in [0.15, 0.2) is 53.3 Å². The molecule has 3 amide bonds. The Morgan fingerprint density at radius 3 is 2.77 bits per heavy atom. The van der Waals surface area contributed by atoms with Crippen LogP contribution >= 0.6 is 0 Å². The van der Waals surface area contributed by atoms with Gasteiger partial charge in [0.2, 0.25) is 11.8 Å². The van der Waals surface area contributed by atoms with Crippen LogP contribution in [-0.4, -0.2) is 57.2 Å². The molecular weight excluding hydrogens is 448 g/mol. The third kappa shape index (κ3) is 6.14. The maximum atomic E-state index is 13.4. The van der Waals surface area contributed by atoms with E-state index in [1.807, 2.05) is 30.3 Å². The molecule has 10 nitrogen and oxygen atoms in total. The molecule has 3 heterocycles. The van der Waals surface area contributed by atoms with Crippen LogP contribution in [0.5, 0.6) is 0 Å². The summed E-state index contributed by atoms with van der Waals surface area (Å²) in [6.07, 6.45) is 6.18. The van der Waals surface area contributed by atoms with Crippen molar-refractivity contribution in [2.75, 3.05) is 19.6 Å². The summed E-state index contributed by atoms with van der Waals surface area (Å²) in [6, 6.07) is 10.9. The van der Waals surface area contributed by atoms with Gasteiger partial charge in [-0.3, -0.25) is 19.1 Å². The van der Waals surface area contributed by atoms with E-state index in [2.05, 4.69) is 20.9 Å². The second-order valence-corrected chi connectivity index (χ2v) is 8.58. The smallest absolute Gasteiger partial charge is 0.274 e. The second kappa shape index (κ2) is 11.5. The summed E-state index contributed by atoms with van der Waals surface area (Å²) in [7, 11) is 0. The highest BCUT2D eigenvalue weighted by molar-refractivity contribution is 5.96. The van der Waals surface area contributed by atoms with E-state index < -0.39 is 11.9 Å². The molecule has 1 saturated heterocycles. The lowest BCUT2D eigenvalue weighted by molar-refractivity contribution is -0.134. The number of hydrogen-bond acceptors (Lipinski definition) is 6. The van der Waals surface area contributed by atoms with E-state index in [1.165, 1.54) is 0 Å². The molecule has 184 valence electrons. The molecule has 1 fully saturated rings. The number of hydrogen-bond donors (Lipinski definition) is 2. The molecule has 0 saturated carbocycles. The van der Waals surface area contributed by atoms with Crippen molar-refractivity contribution in [3.63, 3.8) is 0 Å². The number of carbonyl (C=O) groups is 3. The number of benzene rings is 1. The van der Waals surface area contributed by atoms with Gasteiger partial charge in [-0.05, 0) is 37.8 Å². The van der Waals surface area contributed by atoms with Crippen LogP contribution in [0.3, 0.4) is 0 Å². The predicted octanol–water partition coefficient (Wildman–Crippen LogP) is 2.22. The highest BCUT2D eigenvalue weighted by Gasteiger charge is 2.28. The van der Waals surface area contributed by atoms with E-state index >= 15 is 0 Å². The Balaban J connectivity index is 1.48. The van der Waals surface area contributed by atoms with Gasteiger partial charge in [0, 0.05) is 31.0 Å². The monoisotopic (exact) mass is 478 g/mol. The van der Waals surface area contributed by atoms with Gasteiger partial charge in [-0.25, -0.2) is 0 Å². The molecular formula is C25H30N6O4. The maximum absolute atomic E-state index is 13.4. The molecule has 2 N–H and O–H groups in total. The fourth-order valence-corrected chi connectivity index (χ4v) is 4.25. The van der Waals surface area contributed by atoms with Crippen LogP contribution in [0.1, 0.15) is 59.1 Å². The molecule has 0 aliphatic carbocycles. The molecule has 1 atom stereocenters. The first-order chi connectivity index (χ1) is 17.0. The molecule has 2 aromatic heterocycles. The minimum absolute atomic E-state index is 0.0936. The molecule has 1 aromatic carbocycles. The molecule has 1 aliphatic rings. The Labute approximate surface area is 203 Å². The van der Waals surface area contributed by atoms with Gasteiger partial charge in [0.05, 0.1) is 25.6 Å². The van der Waals surface area contributed by atoms with Crippen LogP contribution < -0.4 is 10.6 Å². The molecule has 0 bridgehead atoms. The summed E-state index contributed by atoms with van der Waals surface area (Å²) in [4.78, 5) is 40.5. The Bertz CT molecular complexity index is 1140. The lowest BCUT2D eigenvalue weighted by Gasteiger charge is -2.33. The minimum atomic E-state index is -0.493. The Morgan fingerprint density at radius 1 is 1.17 bits per heavy atom. The molecule has 3 aromatic rings. The van der Waals surface area contributed by atoms with Crippen molar-refractivity contribution in [2.24, 2.45) is 0 Å². The molecule has 1 unspecified atom stereocenters. The zero-order valence-corrected chi connectivity index (χ0v) is 19.8. The van der Waals surface area contributed by atoms with Gasteiger partial charge in [0.15, 0.2) is 5.69 Å². The van der Waals surface area contributed by atoms with E-state index in [9.17, 15) is 14.4 Å². The number of amides is 3. The number of aromatic nitrogens is 3. The van der Waals surface area contributed by atoms with Crippen LogP contribution in [0.4, 0.5) is 0 Å². The third-order valence-electron chi connectivity index (χ3n) is 6.14. The van der Waals surface area contributed by atoms with Gasteiger partial charge in [0.1, 0.15) is 5.76 Å². The fraction of sp³-hybridized carbons (Fsp3) is 0.400. The van der Waals surface area contributed by atoms with Crippen molar-refractivity contribution in [2.45, 2.75) is 45.2 Å². The number of nitrogens with zero attached hydrogens (tertiary/aromatic N) is 4. The summed E-state index contributed by atoms with van der Waals surface area (Å²) in [5.74, 6) is -0.325. The highest BCUT2D eigenvalue weighted by Crippen LogP contribution is 2.26. The lowest BCUT2D eigenvalue weighted by Crippen LogP contribution is -2.44. The molecule has 10 heteroatoms. The third-order valence-corrected chi connectivity index (χ3v) is 6.14. The molecule has 0 radical (unpaired) electrons. The van der Waals surface area contributed by atoms with Crippen LogP contribution in [-0.2, 0) is 16.1 Å². The fourth-order valence-electron chi connectivity index (χ4n) is 4.25. The van der Waals surface area contributed by atoms with Crippen LogP contribution in [0.25, 0.3) is 0 Å². The lowest BCUT2D eigenvalue weighted by atomic mass is 10.00. The van der Waals surface area contributed by atoms with Crippen molar-refractivity contribution in [3.8, 4) is 0 Å². The Morgan fingerprint density at radius 2 is 2.00 bits per heavy atom. The first-order valence-electron chi connectivity index (χ1n) is 11.8. The van der Waals surface area contributed by atoms with Crippen LogP contribution in [0, 0.1) is 6.92 Å². The molecule has 4 rings (SSSR count). The van der Waals surface area contributed by atoms with Gasteiger partial charge in [-0.15, -0.1) is 0 Å². The minimum Gasteiger partial charge on any atom is -0.361 e. The highest BCUT2D eigenvalue weighted by atomic mass is 16.5. The SMILES string of the molecule is Cc1onc(C(=O)NCC(=O)N2CCCCCNC(=O)CC2c2ccccc2)c1Cn1cccn1. The van der Waals surface area contributed by atoms with E-state index in [0.29, 0.717) is 31.0 Å². The van der Waals surface area contributed by atoms with E-state index in [1.54, 1.807) is 35.0 Å². The normalized spacial score (nSPS) is 17.0.